The van der Waals surface area contributed by atoms with Gasteiger partial charge >= 0.3 is 11.9 Å². The Kier molecular flexibility index (Phi) is 8.08. The first-order valence-electron chi connectivity index (χ1n) is 9.94. The summed E-state index contributed by atoms with van der Waals surface area (Å²) in [5, 5.41) is 0. The lowest BCUT2D eigenvalue weighted by Gasteiger charge is -2.38. The second kappa shape index (κ2) is 9.97. The van der Waals surface area contributed by atoms with Crippen LogP contribution in [0.2, 0.25) is 0 Å². The Morgan fingerprint density at radius 2 is 1.71 bits per heavy atom. The van der Waals surface area contributed by atoms with E-state index >= 15 is 8.78 Å². The van der Waals surface area contributed by atoms with Crippen molar-refractivity contribution < 1.29 is 27.6 Å². The number of esters is 1. The average Bonchev–Trinajstić information content (AvgIpc) is 2.72. The quantitative estimate of drug-likeness (QED) is 0.439. The van der Waals surface area contributed by atoms with E-state index in [1.807, 2.05) is 30.3 Å². The van der Waals surface area contributed by atoms with Crippen molar-refractivity contribution in [3.8, 4) is 5.75 Å². The second-order valence-corrected chi connectivity index (χ2v) is 10.2. The molecule has 0 aromatic heterocycles. The molecule has 0 amide bonds. The summed E-state index contributed by atoms with van der Waals surface area (Å²) in [7, 11) is 0. The molecular formula is C23H29F2NO4S. The molecule has 0 fully saturated rings. The van der Waals surface area contributed by atoms with Crippen molar-refractivity contribution in [2.24, 2.45) is 0 Å². The van der Waals surface area contributed by atoms with E-state index in [4.69, 9.17) is 4.74 Å². The van der Waals surface area contributed by atoms with E-state index in [0.717, 1.165) is 12.5 Å². The van der Waals surface area contributed by atoms with Crippen LogP contribution in [0.4, 0.5) is 8.78 Å². The van der Waals surface area contributed by atoms with Crippen LogP contribution in [0, 0.1) is 0 Å². The fraction of sp³-hybridized carbons (Fsp3) is 0.435. The molecule has 2 atom stereocenters. The van der Waals surface area contributed by atoms with Crippen molar-refractivity contribution in [1.29, 1.82) is 0 Å². The van der Waals surface area contributed by atoms with Gasteiger partial charge in [0.15, 0.2) is 5.54 Å². The smallest absolute Gasteiger partial charge is 0.379 e. The van der Waals surface area contributed by atoms with Crippen molar-refractivity contribution >= 4 is 17.3 Å². The molecule has 0 saturated heterocycles. The van der Waals surface area contributed by atoms with Crippen LogP contribution in [0.5, 0.6) is 5.75 Å². The Hall–Kier alpha value is -2.16. The van der Waals surface area contributed by atoms with Crippen LogP contribution < -0.4 is 9.46 Å². The molecule has 5 nitrogen and oxygen atoms in total. The molecule has 0 radical (unpaired) electrons. The number of alkyl halides is 2. The fourth-order valence-corrected chi connectivity index (χ4v) is 3.63. The number of halogens is 2. The monoisotopic (exact) mass is 453 g/mol. The normalized spacial score (nSPS) is 15.1. The van der Waals surface area contributed by atoms with Crippen molar-refractivity contribution in [1.82, 2.24) is 4.72 Å². The Balaban J connectivity index is 2.42. The molecule has 0 unspecified atom stereocenters. The highest BCUT2D eigenvalue weighted by atomic mass is 32.2. The number of nitrogens with one attached hydrogen (secondary N) is 1. The minimum atomic E-state index is -4.00. The Morgan fingerprint density at radius 1 is 1.06 bits per heavy atom. The molecule has 170 valence electrons. The summed E-state index contributed by atoms with van der Waals surface area (Å²) >= 11 is -1.89. The first-order valence-corrected chi connectivity index (χ1v) is 11.1. The maximum atomic E-state index is 15.4. The zero-order valence-electron chi connectivity index (χ0n) is 18.4. The third-order valence-electron chi connectivity index (χ3n) is 4.67. The van der Waals surface area contributed by atoms with Crippen LogP contribution in [-0.2, 0) is 33.0 Å². The topological polar surface area (TPSA) is 70.6 Å². The number of benzene rings is 2. The molecule has 0 aliphatic heterocycles. The van der Waals surface area contributed by atoms with Gasteiger partial charge in [-0.2, -0.15) is 8.78 Å². The molecule has 2 rings (SSSR count). The SMILES string of the molecule is CCOC(=O)C(F)(F)[C@](C)(N[S@+]([O-])C(C)(C)C)c1cccc(OCc2ccccc2)c1. The predicted octanol–water partition coefficient (Wildman–Crippen LogP) is 4.73. The summed E-state index contributed by atoms with van der Waals surface area (Å²) in [6.07, 6.45) is 0. The first-order chi connectivity index (χ1) is 14.4. The summed E-state index contributed by atoms with van der Waals surface area (Å²) in [6.45, 7) is 7.59. The van der Waals surface area contributed by atoms with E-state index < -0.39 is 33.5 Å². The van der Waals surface area contributed by atoms with Gasteiger partial charge in [-0.05, 0) is 57.9 Å². The van der Waals surface area contributed by atoms with Crippen LogP contribution in [0.25, 0.3) is 0 Å². The van der Waals surface area contributed by atoms with Gasteiger partial charge in [-0.15, -0.1) is 4.72 Å². The van der Waals surface area contributed by atoms with Gasteiger partial charge in [-0.3, -0.25) is 0 Å². The standard InChI is InChI=1S/C23H29F2NO4S/c1-6-29-20(27)23(24,25)22(5,26-31(28)21(2,3)4)18-13-10-14-19(15-18)30-16-17-11-8-7-9-12-17/h7-15,26H,6,16H2,1-5H3/t22-,31-/m1/s1. The van der Waals surface area contributed by atoms with Crippen LogP contribution in [0.3, 0.4) is 0 Å². The number of hydrogen-bond acceptors (Lipinski definition) is 5. The number of carbonyl (C=O) groups is 1. The number of ether oxygens (including phenoxy) is 2. The Labute approximate surface area is 185 Å². The van der Waals surface area contributed by atoms with Gasteiger partial charge in [-0.25, -0.2) is 4.79 Å². The van der Waals surface area contributed by atoms with Gasteiger partial charge in [0.1, 0.15) is 17.1 Å². The van der Waals surface area contributed by atoms with Crippen LogP contribution >= 0.6 is 0 Å². The van der Waals surface area contributed by atoms with Crippen LogP contribution in [-0.4, -0.2) is 27.8 Å². The van der Waals surface area contributed by atoms with E-state index in [1.54, 1.807) is 32.9 Å². The molecule has 2 aromatic rings. The van der Waals surface area contributed by atoms with Crippen molar-refractivity contribution in [2.75, 3.05) is 6.61 Å². The zero-order chi connectivity index (χ0) is 23.3. The van der Waals surface area contributed by atoms with Crippen LogP contribution in [0.1, 0.15) is 45.7 Å². The van der Waals surface area contributed by atoms with E-state index in [2.05, 4.69) is 9.46 Å². The lowest BCUT2D eigenvalue weighted by molar-refractivity contribution is -0.183. The predicted molar refractivity (Wildman–Crippen MR) is 117 cm³/mol. The molecule has 2 aromatic carbocycles. The minimum Gasteiger partial charge on any atom is -0.598 e. The van der Waals surface area contributed by atoms with Gasteiger partial charge < -0.3 is 14.0 Å². The van der Waals surface area contributed by atoms with Crippen molar-refractivity contribution in [3.63, 3.8) is 0 Å². The van der Waals surface area contributed by atoms with Gasteiger partial charge in [-0.1, -0.05) is 42.5 Å². The molecule has 0 aliphatic carbocycles. The van der Waals surface area contributed by atoms with Crippen molar-refractivity contribution in [3.05, 3.63) is 65.7 Å². The molecule has 0 heterocycles. The van der Waals surface area contributed by atoms with E-state index in [0.29, 0.717) is 5.75 Å². The highest BCUT2D eigenvalue weighted by molar-refractivity contribution is 7.90. The lowest BCUT2D eigenvalue weighted by Crippen LogP contribution is -2.61. The van der Waals surface area contributed by atoms with Gasteiger partial charge in [0.05, 0.1) is 6.61 Å². The van der Waals surface area contributed by atoms with Gasteiger partial charge in [0.2, 0.25) is 0 Å². The van der Waals surface area contributed by atoms with Gasteiger partial charge in [0, 0.05) is 11.4 Å². The summed E-state index contributed by atoms with van der Waals surface area (Å²) in [5.74, 6) is -5.34. The number of rotatable bonds is 9. The molecule has 0 aliphatic rings. The molecule has 8 heteroatoms. The fourth-order valence-electron chi connectivity index (χ4n) is 2.71. The summed E-state index contributed by atoms with van der Waals surface area (Å²) in [6, 6.07) is 15.4. The average molecular weight is 454 g/mol. The molecule has 0 saturated carbocycles. The Bertz CT molecular complexity index is 873. The number of carbonyl (C=O) groups excluding carboxylic acids is 1. The lowest BCUT2D eigenvalue weighted by atomic mass is 9.86. The van der Waals surface area contributed by atoms with E-state index in [-0.39, 0.29) is 18.8 Å². The summed E-state index contributed by atoms with van der Waals surface area (Å²) < 4.78 is 55.5. The highest BCUT2D eigenvalue weighted by Gasteiger charge is 2.61. The van der Waals surface area contributed by atoms with E-state index in [1.165, 1.54) is 19.1 Å². The maximum absolute atomic E-state index is 15.4. The molecule has 31 heavy (non-hydrogen) atoms. The van der Waals surface area contributed by atoms with Gasteiger partial charge in [0.25, 0.3) is 0 Å². The highest BCUT2D eigenvalue weighted by Crippen LogP contribution is 2.41. The van der Waals surface area contributed by atoms with Crippen molar-refractivity contribution in [2.45, 2.75) is 57.4 Å². The second-order valence-electron chi connectivity index (χ2n) is 8.21. The third kappa shape index (κ3) is 5.96. The Morgan fingerprint density at radius 3 is 2.29 bits per heavy atom. The molecule has 0 spiro atoms. The van der Waals surface area contributed by atoms with E-state index in [9.17, 15) is 9.35 Å². The molecule has 1 N–H and O–H groups in total. The third-order valence-corrected chi connectivity index (χ3v) is 6.38. The maximum Gasteiger partial charge on any atom is 0.379 e. The summed E-state index contributed by atoms with van der Waals surface area (Å²) in [4.78, 5) is 12.2. The minimum absolute atomic E-state index is 0.0497. The first kappa shape index (κ1) is 25.1. The number of hydrogen-bond donors (Lipinski definition) is 1. The zero-order valence-corrected chi connectivity index (χ0v) is 19.2. The largest absolute Gasteiger partial charge is 0.598 e. The summed E-state index contributed by atoms with van der Waals surface area (Å²) in [5.41, 5.74) is -1.34. The molecule has 0 bridgehead atoms. The van der Waals surface area contributed by atoms with Crippen LogP contribution in [0.15, 0.2) is 54.6 Å². The molecular weight excluding hydrogens is 424 g/mol.